The monoisotopic (exact) mass is 774 g/mol. The van der Waals surface area contributed by atoms with E-state index in [1.807, 2.05) is 30.5 Å². The Kier molecular flexibility index (Phi) is 10.2. The highest BCUT2D eigenvalue weighted by atomic mass is 128. The molecule has 2 heterocycles. The van der Waals surface area contributed by atoms with Crippen molar-refractivity contribution in [2.75, 3.05) is 14.2 Å². The summed E-state index contributed by atoms with van der Waals surface area (Å²) in [5.74, 6) is 1.28. The number of nitrogens with zero attached hydrogens (tertiary/aromatic N) is 2. The van der Waals surface area contributed by atoms with Gasteiger partial charge < -0.3 is 9.47 Å². The summed E-state index contributed by atoms with van der Waals surface area (Å²) in [7, 11) is 3.28. The molecule has 0 N–H and O–H groups in total. The summed E-state index contributed by atoms with van der Waals surface area (Å²) >= 11 is 4.24. The lowest BCUT2D eigenvalue weighted by molar-refractivity contribution is 0.398. The molecule has 0 saturated carbocycles. The summed E-state index contributed by atoms with van der Waals surface area (Å²) in [4.78, 5) is 8.52. The van der Waals surface area contributed by atoms with E-state index in [1.165, 1.54) is 49.0 Å². The summed E-state index contributed by atoms with van der Waals surface area (Å²) in [5, 5.41) is 7.36. The van der Waals surface area contributed by atoms with Gasteiger partial charge in [0.15, 0.2) is 0 Å². The van der Waals surface area contributed by atoms with E-state index in [0.717, 1.165) is 5.56 Å². The SMILES string of the molecule is COc1cc(-c2ccccc2-c2ccccc2)ccn1.COc1cc2c3ccccc3c3ccccc3c2cn1.II. The van der Waals surface area contributed by atoms with Gasteiger partial charge in [-0.05, 0) is 55.3 Å². The maximum atomic E-state index is 5.27. The Bertz CT molecular complexity index is 1910. The second-order valence-electron chi connectivity index (χ2n) is 9.36. The lowest BCUT2D eigenvalue weighted by Crippen LogP contribution is -1.89. The van der Waals surface area contributed by atoms with Crippen molar-refractivity contribution in [2.24, 2.45) is 0 Å². The topological polar surface area (TPSA) is 44.2 Å². The Hall–Kier alpha value is -3.76. The van der Waals surface area contributed by atoms with Gasteiger partial charge >= 0.3 is 0 Å². The van der Waals surface area contributed by atoms with Crippen molar-refractivity contribution in [3.05, 3.63) is 134 Å². The number of hydrogen-bond acceptors (Lipinski definition) is 4. The summed E-state index contributed by atoms with van der Waals surface area (Å²) in [5.41, 5.74) is 4.70. The molecule has 0 atom stereocenters. The van der Waals surface area contributed by atoms with Crippen molar-refractivity contribution in [1.29, 1.82) is 0 Å². The number of methoxy groups -OCH3 is 2. The molecule has 5 aromatic carbocycles. The summed E-state index contributed by atoms with van der Waals surface area (Å²) in [6, 6.07) is 41.7. The fourth-order valence-corrected chi connectivity index (χ4v) is 5.18. The Morgan fingerprint density at radius 1 is 0.452 bits per heavy atom. The van der Waals surface area contributed by atoms with Gasteiger partial charge in [-0.2, -0.15) is 0 Å². The predicted molar refractivity (Wildman–Crippen MR) is 193 cm³/mol. The van der Waals surface area contributed by atoms with Crippen LogP contribution in [-0.2, 0) is 0 Å². The maximum absolute atomic E-state index is 5.27. The zero-order valence-electron chi connectivity index (χ0n) is 23.2. The van der Waals surface area contributed by atoms with Crippen LogP contribution in [0.4, 0.5) is 0 Å². The molecule has 7 aromatic rings. The first kappa shape index (κ1) is 29.7. The molecule has 0 radical (unpaired) electrons. The molecule has 208 valence electrons. The molecule has 7 rings (SSSR count). The van der Waals surface area contributed by atoms with Gasteiger partial charge in [0.05, 0.1) is 14.2 Å². The van der Waals surface area contributed by atoms with Gasteiger partial charge in [0.2, 0.25) is 11.8 Å². The van der Waals surface area contributed by atoms with Crippen molar-refractivity contribution in [1.82, 2.24) is 9.97 Å². The van der Waals surface area contributed by atoms with Crippen LogP contribution in [0.2, 0.25) is 0 Å². The number of fused-ring (bicyclic) bond motifs is 6. The third-order valence-electron chi connectivity index (χ3n) is 7.08. The molecule has 0 amide bonds. The molecule has 0 unspecified atom stereocenters. The quantitative estimate of drug-likeness (QED) is 0.132. The molecule has 0 aliphatic carbocycles. The van der Waals surface area contributed by atoms with Crippen molar-refractivity contribution < 1.29 is 9.47 Å². The number of pyridine rings is 2. The van der Waals surface area contributed by atoms with Crippen LogP contribution in [0.5, 0.6) is 11.8 Å². The first-order valence-corrected chi connectivity index (χ1v) is 19.6. The van der Waals surface area contributed by atoms with E-state index >= 15 is 0 Å². The van der Waals surface area contributed by atoms with Crippen LogP contribution in [0.25, 0.3) is 54.6 Å². The lowest BCUT2D eigenvalue weighted by atomic mass is 9.95. The number of aromatic nitrogens is 2. The van der Waals surface area contributed by atoms with Crippen molar-refractivity contribution >= 4 is 69.5 Å². The Morgan fingerprint density at radius 2 is 0.929 bits per heavy atom. The highest BCUT2D eigenvalue weighted by molar-refractivity contribution is 15.0. The van der Waals surface area contributed by atoms with Crippen LogP contribution in [-0.4, -0.2) is 24.2 Å². The first-order valence-electron chi connectivity index (χ1n) is 13.3. The number of rotatable bonds is 4. The van der Waals surface area contributed by atoms with E-state index < -0.39 is 0 Å². The molecule has 6 heteroatoms. The first-order chi connectivity index (χ1) is 20.8. The Balaban J connectivity index is 0.000000159. The number of halogens is 2. The smallest absolute Gasteiger partial charge is 0.213 e. The van der Waals surface area contributed by atoms with E-state index in [2.05, 4.69) is 144 Å². The molecular weight excluding hydrogens is 746 g/mol. The number of hydrogen-bond donors (Lipinski definition) is 0. The minimum absolute atomic E-state index is 0.630. The van der Waals surface area contributed by atoms with Crippen LogP contribution >= 0.6 is 37.2 Å². The molecule has 0 saturated heterocycles. The standard InChI is InChI=1S/C18H13NO.C18H15NO.I2/c1-20-18-10-16-14-8-4-2-6-12(14)13-7-3-5-9-15(13)17(16)11-19-18;1-20-18-13-15(11-12-19-18)17-10-6-5-9-16(17)14-7-3-2-4-8-14;1-2/h2-11H,1H3;2-13H,1H3;. The van der Waals surface area contributed by atoms with Gasteiger partial charge in [0.25, 0.3) is 0 Å². The van der Waals surface area contributed by atoms with E-state index in [4.69, 9.17) is 9.47 Å². The van der Waals surface area contributed by atoms with E-state index in [1.54, 1.807) is 20.4 Å². The lowest BCUT2D eigenvalue weighted by Gasteiger charge is -2.10. The van der Waals surface area contributed by atoms with Crippen LogP contribution in [0, 0.1) is 0 Å². The zero-order valence-corrected chi connectivity index (χ0v) is 27.5. The fourth-order valence-electron chi connectivity index (χ4n) is 5.18. The molecule has 4 nitrogen and oxygen atoms in total. The van der Waals surface area contributed by atoms with Gasteiger partial charge in [-0.3, -0.25) is 0 Å². The van der Waals surface area contributed by atoms with Crippen molar-refractivity contribution in [2.45, 2.75) is 0 Å². The molecule has 0 bridgehead atoms. The van der Waals surface area contributed by atoms with Gasteiger partial charge in [-0.1, -0.05) is 103 Å². The largest absolute Gasteiger partial charge is 0.481 e. The third-order valence-corrected chi connectivity index (χ3v) is 7.08. The summed E-state index contributed by atoms with van der Waals surface area (Å²) in [6.45, 7) is 0. The summed E-state index contributed by atoms with van der Waals surface area (Å²) < 4.78 is 10.5. The zero-order chi connectivity index (χ0) is 29.3. The average Bonchev–Trinajstić information content (AvgIpc) is 3.09. The number of ether oxygens (including phenoxy) is 2. The minimum Gasteiger partial charge on any atom is -0.481 e. The van der Waals surface area contributed by atoms with Gasteiger partial charge in [-0.15, -0.1) is 0 Å². The van der Waals surface area contributed by atoms with E-state index in [-0.39, 0.29) is 0 Å². The fraction of sp³-hybridized carbons (Fsp3) is 0.0556. The predicted octanol–water partition coefficient (Wildman–Crippen LogP) is 10.7. The van der Waals surface area contributed by atoms with Crippen LogP contribution < -0.4 is 9.47 Å². The van der Waals surface area contributed by atoms with E-state index in [0.29, 0.717) is 11.8 Å². The van der Waals surface area contributed by atoms with Crippen LogP contribution in [0.15, 0.2) is 134 Å². The highest BCUT2D eigenvalue weighted by Crippen LogP contribution is 2.36. The second kappa shape index (κ2) is 14.4. The van der Waals surface area contributed by atoms with Crippen molar-refractivity contribution in [3.8, 4) is 34.0 Å². The molecule has 0 aliphatic rings. The Morgan fingerprint density at radius 3 is 1.52 bits per heavy atom. The normalized spacial score (nSPS) is 10.4. The number of benzene rings is 5. The van der Waals surface area contributed by atoms with Crippen LogP contribution in [0.3, 0.4) is 0 Å². The van der Waals surface area contributed by atoms with E-state index in [9.17, 15) is 0 Å². The molecular formula is C36H28I2N2O2. The second-order valence-corrected chi connectivity index (χ2v) is 9.36. The molecule has 0 aliphatic heterocycles. The highest BCUT2D eigenvalue weighted by Gasteiger charge is 2.10. The van der Waals surface area contributed by atoms with Gasteiger partial charge in [0.1, 0.15) is 0 Å². The Labute approximate surface area is 269 Å². The van der Waals surface area contributed by atoms with Crippen LogP contribution in [0.1, 0.15) is 0 Å². The molecule has 0 fully saturated rings. The molecule has 42 heavy (non-hydrogen) atoms. The van der Waals surface area contributed by atoms with Gasteiger partial charge in [0, 0.05) is 67.1 Å². The van der Waals surface area contributed by atoms with Gasteiger partial charge in [-0.25, -0.2) is 9.97 Å². The molecule has 2 aromatic heterocycles. The maximum Gasteiger partial charge on any atom is 0.213 e. The van der Waals surface area contributed by atoms with Crippen molar-refractivity contribution in [3.63, 3.8) is 0 Å². The minimum atomic E-state index is 0.630. The average molecular weight is 774 g/mol. The third kappa shape index (κ3) is 6.34. The molecule has 0 spiro atoms. The summed E-state index contributed by atoms with van der Waals surface area (Å²) in [6.07, 6.45) is 3.68.